The van der Waals surface area contributed by atoms with Crippen LogP contribution in [0.15, 0.2) is 84.3 Å². The van der Waals surface area contributed by atoms with E-state index in [0.29, 0.717) is 33.5 Å². The van der Waals surface area contributed by atoms with Crippen LogP contribution in [0.1, 0.15) is 22.6 Å². The van der Waals surface area contributed by atoms with Gasteiger partial charge in [0.05, 0.1) is 24.3 Å². The van der Waals surface area contributed by atoms with Crippen molar-refractivity contribution in [2.45, 2.75) is 12.5 Å². The molecule has 5 rings (SSSR count). The maximum atomic E-state index is 10.1. The van der Waals surface area contributed by atoms with Crippen LogP contribution in [0.4, 0.5) is 0 Å². The van der Waals surface area contributed by atoms with Gasteiger partial charge in [0.25, 0.3) is 0 Å². The third-order valence-electron chi connectivity index (χ3n) is 5.87. The monoisotopic (exact) mass is 484 g/mol. The van der Waals surface area contributed by atoms with E-state index in [1.54, 1.807) is 13.2 Å². The molecule has 0 aliphatic carbocycles. The predicted octanol–water partition coefficient (Wildman–Crippen LogP) is 5.54. The van der Waals surface area contributed by atoms with Crippen LogP contribution in [0.5, 0.6) is 17.4 Å². The first kappa shape index (κ1) is 22.4. The number of aromatic amines is 1. The SMILES string of the molecule is COc1cccc([C@@H]2C(C#N)=C(N)Oc3n[nH]c(-c4ccccc4)c32)c1OCc1ccccc1Cl. The number of allylic oxidation sites excluding steroid dienone is 1. The van der Waals surface area contributed by atoms with E-state index in [1.165, 1.54) is 0 Å². The number of nitriles is 1. The van der Waals surface area contributed by atoms with Gasteiger partial charge < -0.3 is 19.9 Å². The van der Waals surface area contributed by atoms with Crippen LogP contribution >= 0.6 is 11.6 Å². The van der Waals surface area contributed by atoms with Crippen molar-refractivity contribution in [2.75, 3.05) is 7.11 Å². The Morgan fingerprint density at radius 2 is 1.86 bits per heavy atom. The van der Waals surface area contributed by atoms with E-state index in [4.69, 9.17) is 31.5 Å². The molecule has 1 aromatic heterocycles. The summed E-state index contributed by atoms with van der Waals surface area (Å²) in [4.78, 5) is 0. The van der Waals surface area contributed by atoms with Crippen LogP contribution in [0.3, 0.4) is 0 Å². The van der Waals surface area contributed by atoms with Gasteiger partial charge in [0, 0.05) is 16.1 Å². The molecule has 8 heteroatoms. The van der Waals surface area contributed by atoms with Crippen molar-refractivity contribution in [3.63, 3.8) is 0 Å². The number of hydrogen-bond donors (Lipinski definition) is 2. The molecule has 0 saturated carbocycles. The molecule has 0 saturated heterocycles. The highest BCUT2D eigenvalue weighted by atomic mass is 35.5. The standard InChI is InChI=1S/C27H21ClN4O3/c1-33-21-13-7-11-18(25(21)34-15-17-10-5-6-12-20(17)28)22-19(14-29)26(30)35-27-23(22)24(31-32-27)16-8-3-2-4-9-16/h2-13,22H,15,30H2,1H3,(H,31,32)/t22-/m1/s1. The number of nitrogens with one attached hydrogen (secondary N) is 1. The molecule has 0 fully saturated rings. The quantitative estimate of drug-likeness (QED) is 0.372. The van der Waals surface area contributed by atoms with Gasteiger partial charge in [0.15, 0.2) is 11.5 Å². The highest BCUT2D eigenvalue weighted by Gasteiger charge is 2.37. The Morgan fingerprint density at radius 1 is 1.09 bits per heavy atom. The summed E-state index contributed by atoms with van der Waals surface area (Å²) in [6.45, 7) is 0.209. The molecule has 4 aromatic rings. The normalized spacial score (nSPS) is 14.6. The number of methoxy groups -OCH3 is 1. The lowest BCUT2D eigenvalue weighted by molar-refractivity contribution is 0.280. The van der Waals surface area contributed by atoms with Crippen molar-refractivity contribution < 1.29 is 14.2 Å². The average molecular weight is 485 g/mol. The maximum absolute atomic E-state index is 10.1. The van der Waals surface area contributed by atoms with Crippen LogP contribution < -0.4 is 19.9 Å². The molecule has 3 N–H and O–H groups in total. The van der Waals surface area contributed by atoms with E-state index in [0.717, 1.165) is 16.8 Å². The third kappa shape index (κ3) is 4.05. The third-order valence-corrected chi connectivity index (χ3v) is 6.24. The number of ether oxygens (including phenoxy) is 3. The molecule has 0 amide bonds. The van der Waals surface area contributed by atoms with Crippen LogP contribution in [0.25, 0.3) is 11.3 Å². The topological polar surface area (TPSA) is 106 Å². The van der Waals surface area contributed by atoms with Gasteiger partial charge >= 0.3 is 0 Å². The number of benzene rings is 3. The number of aromatic nitrogens is 2. The molecule has 3 aromatic carbocycles. The smallest absolute Gasteiger partial charge is 0.244 e. The molecule has 0 unspecified atom stereocenters. The van der Waals surface area contributed by atoms with Gasteiger partial charge in [-0.2, -0.15) is 5.26 Å². The van der Waals surface area contributed by atoms with Gasteiger partial charge in [0.1, 0.15) is 18.2 Å². The Bertz CT molecular complexity index is 1460. The summed E-state index contributed by atoms with van der Waals surface area (Å²) in [5, 5.41) is 18.1. The van der Waals surface area contributed by atoms with Crippen LogP contribution in [0, 0.1) is 11.3 Å². The highest BCUT2D eigenvalue weighted by molar-refractivity contribution is 6.31. The van der Waals surface area contributed by atoms with Crippen molar-refractivity contribution in [3.8, 4) is 34.7 Å². The first-order valence-electron chi connectivity index (χ1n) is 10.9. The molecule has 0 radical (unpaired) electrons. The maximum Gasteiger partial charge on any atom is 0.244 e. The second-order valence-electron chi connectivity index (χ2n) is 7.87. The van der Waals surface area contributed by atoms with Crippen molar-refractivity contribution in [1.29, 1.82) is 5.26 Å². The summed E-state index contributed by atoms with van der Waals surface area (Å²) in [6.07, 6.45) is 0. The lowest BCUT2D eigenvalue weighted by Gasteiger charge is -2.26. The number of fused-ring (bicyclic) bond motifs is 1. The average Bonchev–Trinajstić information content (AvgIpc) is 3.31. The molecule has 35 heavy (non-hydrogen) atoms. The van der Waals surface area contributed by atoms with Gasteiger partial charge in [-0.15, -0.1) is 5.10 Å². The number of nitrogens with zero attached hydrogens (tertiary/aromatic N) is 2. The second kappa shape index (κ2) is 9.45. The zero-order valence-electron chi connectivity index (χ0n) is 18.8. The van der Waals surface area contributed by atoms with Gasteiger partial charge in [-0.3, -0.25) is 5.10 Å². The van der Waals surface area contributed by atoms with Crippen molar-refractivity contribution in [3.05, 3.63) is 106 Å². The Labute approximate surface area is 207 Å². The summed E-state index contributed by atoms with van der Waals surface area (Å²) in [5.41, 5.74) is 10.3. The molecule has 1 aliphatic heterocycles. The van der Waals surface area contributed by atoms with Crippen LogP contribution in [-0.2, 0) is 6.61 Å². The fourth-order valence-electron chi connectivity index (χ4n) is 4.22. The lowest BCUT2D eigenvalue weighted by Crippen LogP contribution is -2.21. The number of H-pyrrole nitrogens is 1. The first-order valence-corrected chi connectivity index (χ1v) is 11.2. The number of rotatable bonds is 6. The molecular weight excluding hydrogens is 464 g/mol. The van der Waals surface area contributed by atoms with Gasteiger partial charge in [0.2, 0.25) is 11.8 Å². The van der Waals surface area contributed by atoms with Crippen molar-refractivity contribution >= 4 is 11.6 Å². The predicted molar refractivity (Wildman–Crippen MR) is 132 cm³/mol. The number of hydrogen-bond acceptors (Lipinski definition) is 6. The minimum atomic E-state index is -0.603. The second-order valence-corrected chi connectivity index (χ2v) is 8.27. The van der Waals surface area contributed by atoms with E-state index in [2.05, 4.69) is 16.3 Å². The lowest BCUT2D eigenvalue weighted by atomic mass is 9.82. The molecular formula is C27H21ClN4O3. The fourth-order valence-corrected chi connectivity index (χ4v) is 4.41. The first-order chi connectivity index (χ1) is 17.1. The molecule has 2 heterocycles. The van der Waals surface area contributed by atoms with Gasteiger partial charge in [-0.1, -0.05) is 72.3 Å². The van der Waals surface area contributed by atoms with E-state index in [1.807, 2.05) is 66.7 Å². The van der Waals surface area contributed by atoms with Gasteiger partial charge in [-0.05, 0) is 17.7 Å². The summed E-state index contributed by atoms with van der Waals surface area (Å²) < 4.78 is 17.7. The molecule has 174 valence electrons. The van der Waals surface area contributed by atoms with Crippen molar-refractivity contribution in [1.82, 2.24) is 10.2 Å². The Kier molecular flexibility index (Phi) is 6.04. The highest BCUT2D eigenvalue weighted by Crippen LogP contribution is 2.49. The molecule has 1 atom stereocenters. The fraction of sp³-hybridized carbons (Fsp3) is 0.111. The molecule has 1 aliphatic rings. The number of nitrogens with two attached hydrogens (primary N) is 1. The zero-order chi connectivity index (χ0) is 24.4. The number of halogens is 1. The number of para-hydroxylation sites is 1. The minimum absolute atomic E-state index is 0.00372. The van der Waals surface area contributed by atoms with Crippen molar-refractivity contribution in [2.24, 2.45) is 5.73 Å². The molecule has 7 nitrogen and oxygen atoms in total. The summed E-state index contributed by atoms with van der Waals surface area (Å²) in [5.74, 6) is 0.701. The van der Waals surface area contributed by atoms with Crippen LogP contribution in [0.2, 0.25) is 5.02 Å². The Morgan fingerprint density at radius 3 is 2.60 bits per heavy atom. The summed E-state index contributed by atoms with van der Waals surface area (Å²) in [7, 11) is 1.57. The Balaban J connectivity index is 1.67. The largest absolute Gasteiger partial charge is 0.493 e. The summed E-state index contributed by atoms with van der Waals surface area (Å²) >= 11 is 6.35. The Hall–Kier alpha value is -4.41. The molecule has 0 bridgehead atoms. The van der Waals surface area contributed by atoms with E-state index in [9.17, 15) is 5.26 Å². The minimum Gasteiger partial charge on any atom is -0.493 e. The van der Waals surface area contributed by atoms with E-state index >= 15 is 0 Å². The van der Waals surface area contributed by atoms with Crippen LogP contribution in [-0.4, -0.2) is 17.3 Å². The van der Waals surface area contributed by atoms with Gasteiger partial charge in [-0.25, -0.2) is 0 Å². The van der Waals surface area contributed by atoms with E-state index < -0.39 is 5.92 Å². The zero-order valence-corrected chi connectivity index (χ0v) is 19.5. The molecule has 0 spiro atoms. The summed E-state index contributed by atoms with van der Waals surface area (Å²) in [6, 6.07) is 24.9. The van der Waals surface area contributed by atoms with E-state index in [-0.39, 0.29) is 18.1 Å².